The number of carbonyl (C=O) groups excluding carboxylic acids is 1. The molecule has 1 aromatic carbocycles. The van der Waals surface area contributed by atoms with Crippen LogP contribution in [-0.2, 0) is 25.4 Å². The van der Waals surface area contributed by atoms with Gasteiger partial charge in [-0.1, -0.05) is 19.9 Å². The molecular formula is C22H27N5O5. The van der Waals surface area contributed by atoms with Crippen molar-refractivity contribution < 1.29 is 14.3 Å². The fourth-order valence-electron chi connectivity index (χ4n) is 3.90. The van der Waals surface area contributed by atoms with E-state index in [1.807, 2.05) is 32.0 Å². The van der Waals surface area contributed by atoms with Gasteiger partial charge in [0.25, 0.3) is 5.56 Å². The third-order valence-electron chi connectivity index (χ3n) is 5.64. The molecule has 0 saturated carbocycles. The quantitative estimate of drug-likeness (QED) is 0.635. The van der Waals surface area contributed by atoms with Crippen LogP contribution in [0.5, 0.6) is 11.5 Å². The number of rotatable bonds is 5. The standard InChI is InChI=1S/C22H27N5O5/c1-13(2)18(14-6-7-15-16(10-14)32-9-5-8-31-15)24-17(28)11-27-12-23-20-19(27)21(29)26(4)22(30)25(20)3/h6-7,10,12-13,18H,5,8-9,11H2,1-4H3,(H,24,28)/t18-/m1/s1. The van der Waals surface area contributed by atoms with Crippen molar-refractivity contribution in [2.75, 3.05) is 13.2 Å². The minimum absolute atomic E-state index is 0.0995. The lowest BCUT2D eigenvalue weighted by Crippen LogP contribution is -2.38. The molecule has 4 rings (SSSR count). The van der Waals surface area contributed by atoms with Crippen molar-refractivity contribution in [1.29, 1.82) is 0 Å². The van der Waals surface area contributed by atoms with Crippen LogP contribution in [0.15, 0.2) is 34.1 Å². The SMILES string of the molecule is CC(C)[C@@H](NC(=O)Cn1cnc2c1c(=O)n(C)c(=O)n2C)c1ccc2c(c1)OCCCO2. The number of imidazole rings is 1. The maximum Gasteiger partial charge on any atom is 0.332 e. The van der Waals surface area contributed by atoms with Crippen molar-refractivity contribution in [1.82, 2.24) is 24.0 Å². The van der Waals surface area contributed by atoms with Crippen LogP contribution in [0.4, 0.5) is 0 Å². The van der Waals surface area contributed by atoms with Gasteiger partial charge in [-0.05, 0) is 23.6 Å². The second-order valence-corrected chi connectivity index (χ2v) is 8.30. The van der Waals surface area contributed by atoms with Gasteiger partial charge in [-0.15, -0.1) is 0 Å². The highest BCUT2D eigenvalue weighted by Gasteiger charge is 2.22. The Hall–Kier alpha value is -3.56. The van der Waals surface area contributed by atoms with E-state index >= 15 is 0 Å². The van der Waals surface area contributed by atoms with Gasteiger partial charge in [-0.2, -0.15) is 0 Å². The zero-order valence-electron chi connectivity index (χ0n) is 18.6. The number of carbonyl (C=O) groups is 1. The number of aryl methyl sites for hydroxylation is 1. The zero-order chi connectivity index (χ0) is 23.0. The van der Waals surface area contributed by atoms with Crippen molar-refractivity contribution in [3.05, 3.63) is 50.9 Å². The number of amides is 1. The molecule has 3 heterocycles. The highest BCUT2D eigenvalue weighted by molar-refractivity contribution is 5.79. The maximum atomic E-state index is 12.9. The highest BCUT2D eigenvalue weighted by Crippen LogP contribution is 2.34. The van der Waals surface area contributed by atoms with E-state index in [2.05, 4.69) is 10.3 Å². The van der Waals surface area contributed by atoms with Crippen LogP contribution >= 0.6 is 0 Å². The number of aromatic nitrogens is 4. The third kappa shape index (κ3) is 3.88. The van der Waals surface area contributed by atoms with Crippen molar-refractivity contribution >= 4 is 17.1 Å². The van der Waals surface area contributed by atoms with Crippen LogP contribution in [0.3, 0.4) is 0 Å². The van der Waals surface area contributed by atoms with Gasteiger partial charge in [0.2, 0.25) is 5.91 Å². The Morgan fingerprint density at radius 2 is 1.84 bits per heavy atom. The number of nitrogens with one attached hydrogen (secondary N) is 1. The van der Waals surface area contributed by atoms with Gasteiger partial charge >= 0.3 is 5.69 Å². The van der Waals surface area contributed by atoms with Crippen molar-refractivity contribution in [3.8, 4) is 11.5 Å². The molecule has 0 bridgehead atoms. The van der Waals surface area contributed by atoms with E-state index < -0.39 is 11.2 Å². The van der Waals surface area contributed by atoms with E-state index in [0.29, 0.717) is 24.7 Å². The zero-order valence-corrected chi connectivity index (χ0v) is 18.6. The molecule has 10 nitrogen and oxygen atoms in total. The van der Waals surface area contributed by atoms with Crippen LogP contribution in [-0.4, -0.2) is 37.8 Å². The smallest absolute Gasteiger partial charge is 0.332 e. The molecule has 0 aliphatic carbocycles. The summed E-state index contributed by atoms with van der Waals surface area (Å²) in [6.07, 6.45) is 2.22. The van der Waals surface area contributed by atoms with Gasteiger partial charge in [0, 0.05) is 20.5 Å². The molecule has 0 spiro atoms. The highest BCUT2D eigenvalue weighted by atomic mass is 16.5. The fraction of sp³-hybridized carbons (Fsp3) is 0.455. The monoisotopic (exact) mass is 441 g/mol. The Morgan fingerprint density at radius 3 is 2.56 bits per heavy atom. The first-order chi connectivity index (χ1) is 15.3. The summed E-state index contributed by atoms with van der Waals surface area (Å²) >= 11 is 0. The Labute approximate surface area is 184 Å². The summed E-state index contributed by atoms with van der Waals surface area (Å²) in [6, 6.07) is 5.44. The predicted molar refractivity (Wildman–Crippen MR) is 118 cm³/mol. The maximum absolute atomic E-state index is 12.9. The number of benzene rings is 1. The summed E-state index contributed by atoms with van der Waals surface area (Å²) in [5, 5.41) is 3.06. The largest absolute Gasteiger partial charge is 0.490 e. The van der Waals surface area contributed by atoms with E-state index in [0.717, 1.165) is 16.6 Å². The molecule has 1 atom stereocenters. The van der Waals surface area contributed by atoms with E-state index in [4.69, 9.17) is 9.47 Å². The summed E-state index contributed by atoms with van der Waals surface area (Å²) < 4.78 is 15.3. The van der Waals surface area contributed by atoms with Crippen molar-refractivity contribution in [2.24, 2.45) is 20.0 Å². The molecule has 32 heavy (non-hydrogen) atoms. The molecule has 2 aromatic heterocycles. The molecule has 10 heteroatoms. The van der Waals surface area contributed by atoms with Crippen molar-refractivity contribution in [3.63, 3.8) is 0 Å². The average molecular weight is 441 g/mol. The molecule has 1 N–H and O–H groups in total. The minimum Gasteiger partial charge on any atom is -0.490 e. The number of fused-ring (bicyclic) bond motifs is 2. The topological polar surface area (TPSA) is 109 Å². The summed E-state index contributed by atoms with van der Waals surface area (Å²) in [6.45, 7) is 5.14. The average Bonchev–Trinajstić information content (AvgIpc) is 3.03. The molecule has 170 valence electrons. The molecule has 0 fully saturated rings. The first-order valence-electron chi connectivity index (χ1n) is 10.6. The van der Waals surface area contributed by atoms with Crippen LogP contribution in [0.1, 0.15) is 31.9 Å². The third-order valence-corrected chi connectivity index (χ3v) is 5.64. The van der Waals surface area contributed by atoms with Crippen molar-refractivity contribution in [2.45, 2.75) is 32.9 Å². The first kappa shape index (κ1) is 21.7. The van der Waals surface area contributed by atoms with Gasteiger partial charge in [0.1, 0.15) is 6.54 Å². The van der Waals surface area contributed by atoms with Gasteiger partial charge < -0.3 is 19.4 Å². The Bertz CT molecular complexity index is 1290. The van der Waals surface area contributed by atoms with Crippen LogP contribution in [0, 0.1) is 5.92 Å². The summed E-state index contributed by atoms with van der Waals surface area (Å²) in [7, 11) is 2.95. The molecular weight excluding hydrogens is 414 g/mol. The molecule has 0 saturated heterocycles. The van der Waals surface area contributed by atoms with Crippen LogP contribution in [0.25, 0.3) is 11.2 Å². The normalized spacial score (nSPS) is 14.4. The first-order valence-corrected chi connectivity index (χ1v) is 10.6. The number of nitrogens with zero attached hydrogens (tertiary/aromatic N) is 4. The number of hydrogen-bond donors (Lipinski definition) is 1. The van der Waals surface area contributed by atoms with Gasteiger partial charge in [0.15, 0.2) is 22.7 Å². The molecule has 3 aromatic rings. The second kappa shape index (κ2) is 8.52. The summed E-state index contributed by atoms with van der Waals surface area (Å²) in [4.78, 5) is 41.8. The van der Waals surface area contributed by atoms with Gasteiger partial charge in [-0.25, -0.2) is 9.78 Å². The second-order valence-electron chi connectivity index (χ2n) is 8.30. The van der Waals surface area contributed by atoms with E-state index in [-0.39, 0.29) is 35.6 Å². The van der Waals surface area contributed by atoms with E-state index in [1.165, 1.54) is 22.5 Å². The summed E-state index contributed by atoms with van der Waals surface area (Å²) in [5.74, 6) is 1.21. The lowest BCUT2D eigenvalue weighted by molar-refractivity contribution is -0.122. The van der Waals surface area contributed by atoms with Crippen LogP contribution in [0.2, 0.25) is 0 Å². The molecule has 1 aliphatic heterocycles. The number of hydrogen-bond acceptors (Lipinski definition) is 6. The Morgan fingerprint density at radius 1 is 1.12 bits per heavy atom. The fourth-order valence-corrected chi connectivity index (χ4v) is 3.90. The Kier molecular flexibility index (Phi) is 5.77. The van der Waals surface area contributed by atoms with E-state index in [9.17, 15) is 14.4 Å². The van der Waals surface area contributed by atoms with Gasteiger partial charge in [0.05, 0.1) is 25.6 Å². The van der Waals surface area contributed by atoms with E-state index in [1.54, 1.807) is 7.05 Å². The lowest BCUT2D eigenvalue weighted by atomic mass is 9.95. The minimum atomic E-state index is -0.489. The van der Waals surface area contributed by atoms with Crippen LogP contribution < -0.4 is 26.0 Å². The lowest BCUT2D eigenvalue weighted by Gasteiger charge is -2.24. The molecule has 0 radical (unpaired) electrons. The molecule has 1 aliphatic rings. The van der Waals surface area contributed by atoms with Gasteiger partial charge in [-0.3, -0.25) is 18.7 Å². The predicted octanol–water partition coefficient (Wildman–Crippen LogP) is 1.11. The molecule has 1 amide bonds. The molecule has 0 unspecified atom stereocenters. The Balaban J connectivity index is 1.60. The number of ether oxygens (including phenoxy) is 2. The summed E-state index contributed by atoms with van der Waals surface area (Å²) in [5.41, 5.74) is 0.408.